The number of hydrogen-bond acceptors (Lipinski definition) is 4. The molecule has 5 nitrogen and oxygen atoms in total. The Morgan fingerprint density at radius 3 is 2.79 bits per heavy atom. The van der Waals surface area contributed by atoms with Crippen molar-refractivity contribution in [1.29, 1.82) is 0 Å². The molecule has 2 rings (SSSR count). The fourth-order valence-electron chi connectivity index (χ4n) is 1.92. The van der Waals surface area contributed by atoms with Gasteiger partial charge in [-0.25, -0.2) is 0 Å². The van der Waals surface area contributed by atoms with Gasteiger partial charge in [0.1, 0.15) is 5.75 Å². The van der Waals surface area contributed by atoms with Gasteiger partial charge in [0.15, 0.2) is 6.61 Å². The zero-order valence-electron chi connectivity index (χ0n) is 11.8. The molecule has 0 aromatic heterocycles. The monoisotopic (exact) mass is 264 g/mol. The third kappa shape index (κ3) is 2.38. The molecule has 104 valence electrons. The predicted molar refractivity (Wildman–Crippen MR) is 74.9 cm³/mol. The summed E-state index contributed by atoms with van der Waals surface area (Å²) in [6.45, 7) is 4.04. The first-order valence-corrected chi connectivity index (χ1v) is 6.25. The van der Waals surface area contributed by atoms with E-state index < -0.39 is 0 Å². The van der Waals surface area contributed by atoms with Crippen molar-refractivity contribution in [3.8, 4) is 5.75 Å². The molecular weight excluding hydrogens is 244 g/mol. The molecule has 0 atom stereocenters. The Bertz CT molecular complexity index is 499. The van der Waals surface area contributed by atoms with Crippen LogP contribution in [0.2, 0.25) is 0 Å². The SMILES string of the molecule is CN1C(=O)COc2ccc(N(C)C(C)(C)CO)cc21. The molecule has 1 N–H and O–H groups in total. The van der Waals surface area contributed by atoms with E-state index in [-0.39, 0.29) is 24.7 Å². The van der Waals surface area contributed by atoms with E-state index in [1.165, 1.54) is 0 Å². The van der Waals surface area contributed by atoms with Gasteiger partial charge < -0.3 is 19.6 Å². The second kappa shape index (κ2) is 4.74. The number of likely N-dealkylation sites (N-methyl/N-ethyl adjacent to an activating group) is 2. The highest BCUT2D eigenvalue weighted by Crippen LogP contribution is 2.35. The van der Waals surface area contributed by atoms with Crippen LogP contribution in [0.3, 0.4) is 0 Å². The lowest BCUT2D eigenvalue weighted by atomic mass is 10.0. The third-order valence-corrected chi connectivity index (χ3v) is 3.71. The summed E-state index contributed by atoms with van der Waals surface area (Å²) in [5.41, 5.74) is 1.32. The summed E-state index contributed by atoms with van der Waals surface area (Å²) < 4.78 is 5.39. The van der Waals surface area contributed by atoms with Gasteiger partial charge in [-0.1, -0.05) is 0 Å². The summed E-state index contributed by atoms with van der Waals surface area (Å²) in [4.78, 5) is 15.2. The zero-order valence-corrected chi connectivity index (χ0v) is 11.8. The number of carbonyl (C=O) groups is 1. The second-order valence-electron chi connectivity index (χ2n) is 5.42. The molecule has 1 aromatic rings. The Kier molecular flexibility index (Phi) is 3.41. The fourth-order valence-corrected chi connectivity index (χ4v) is 1.92. The fraction of sp³-hybridized carbons (Fsp3) is 0.500. The summed E-state index contributed by atoms with van der Waals surface area (Å²) in [5, 5.41) is 9.43. The van der Waals surface area contributed by atoms with Crippen molar-refractivity contribution in [3.05, 3.63) is 18.2 Å². The number of hydrogen-bond donors (Lipinski definition) is 1. The van der Waals surface area contributed by atoms with Gasteiger partial charge in [-0.05, 0) is 32.0 Å². The average molecular weight is 264 g/mol. The van der Waals surface area contributed by atoms with Crippen LogP contribution in [0.1, 0.15) is 13.8 Å². The van der Waals surface area contributed by atoms with Crippen molar-refractivity contribution in [3.63, 3.8) is 0 Å². The maximum Gasteiger partial charge on any atom is 0.264 e. The number of ether oxygens (including phenoxy) is 1. The molecular formula is C14H20N2O3. The third-order valence-electron chi connectivity index (χ3n) is 3.71. The average Bonchev–Trinajstić information content (AvgIpc) is 2.42. The Labute approximate surface area is 113 Å². The minimum atomic E-state index is -0.369. The number of aliphatic hydroxyl groups excluding tert-OH is 1. The summed E-state index contributed by atoms with van der Waals surface area (Å²) >= 11 is 0. The molecule has 5 heteroatoms. The summed E-state index contributed by atoms with van der Waals surface area (Å²) in [6, 6.07) is 5.70. The first-order valence-electron chi connectivity index (χ1n) is 6.25. The van der Waals surface area contributed by atoms with Gasteiger partial charge in [0, 0.05) is 19.8 Å². The van der Waals surface area contributed by atoms with Crippen LogP contribution < -0.4 is 14.5 Å². The van der Waals surface area contributed by atoms with Gasteiger partial charge in [0.2, 0.25) is 0 Å². The molecule has 1 aromatic carbocycles. The number of nitrogens with zero attached hydrogens (tertiary/aromatic N) is 2. The van der Waals surface area contributed by atoms with Crippen LogP contribution >= 0.6 is 0 Å². The molecule has 1 aliphatic rings. The predicted octanol–water partition coefficient (Wildman–Crippen LogP) is 1.25. The van der Waals surface area contributed by atoms with Crippen molar-refractivity contribution in [2.24, 2.45) is 0 Å². The van der Waals surface area contributed by atoms with E-state index in [1.54, 1.807) is 11.9 Å². The first kappa shape index (κ1) is 13.7. The summed E-state index contributed by atoms with van der Waals surface area (Å²) in [5.74, 6) is 0.648. The first-order chi connectivity index (χ1) is 8.86. The van der Waals surface area contributed by atoms with Gasteiger partial charge >= 0.3 is 0 Å². The number of fused-ring (bicyclic) bond motifs is 1. The highest BCUT2D eigenvalue weighted by Gasteiger charge is 2.26. The van der Waals surface area contributed by atoms with E-state index in [0.717, 1.165) is 11.4 Å². The zero-order chi connectivity index (χ0) is 14.2. The molecule has 1 aliphatic heterocycles. The molecule has 0 saturated heterocycles. The molecule has 0 saturated carbocycles. The lowest BCUT2D eigenvalue weighted by Crippen LogP contribution is -2.44. The lowest BCUT2D eigenvalue weighted by Gasteiger charge is -2.37. The van der Waals surface area contributed by atoms with Crippen molar-refractivity contribution < 1.29 is 14.6 Å². The maximum atomic E-state index is 11.6. The highest BCUT2D eigenvalue weighted by molar-refractivity contribution is 5.97. The smallest absolute Gasteiger partial charge is 0.264 e. The molecule has 0 bridgehead atoms. The normalized spacial score (nSPS) is 15.0. The second-order valence-corrected chi connectivity index (χ2v) is 5.42. The van der Waals surface area contributed by atoms with Crippen molar-refractivity contribution in [2.45, 2.75) is 19.4 Å². The van der Waals surface area contributed by atoms with Crippen LogP contribution in [-0.4, -0.2) is 43.9 Å². The minimum Gasteiger partial charge on any atom is -0.482 e. The topological polar surface area (TPSA) is 53.0 Å². The van der Waals surface area contributed by atoms with E-state index in [9.17, 15) is 9.90 Å². The summed E-state index contributed by atoms with van der Waals surface area (Å²) in [7, 11) is 3.66. The van der Waals surface area contributed by atoms with Crippen molar-refractivity contribution in [2.75, 3.05) is 37.1 Å². The standard InChI is InChI=1S/C14H20N2O3/c1-14(2,9-17)16(4)10-5-6-12-11(7-10)15(3)13(18)8-19-12/h5-7,17H,8-9H2,1-4H3. The Morgan fingerprint density at radius 2 is 2.16 bits per heavy atom. The Morgan fingerprint density at radius 1 is 1.47 bits per heavy atom. The number of aliphatic hydroxyl groups is 1. The molecule has 19 heavy (non-hydrogen) atoms. The van der Waals surface area contributed by atoms with Gasteiger partial charge in [-0.2, -0.15) is 0 Å². The van der Waals surface area contributed by atoms with Crippen LogP contribution in [0, 0.1) is 0 Å². The van der Waals surface area contributed by atoms with E-state index >= 15 is 0 Å². The Balaban J connectivity index is 2.38. The van der Waals surface area contributed by atoms with Crippen LogP contribution in [0.15, 0.2) is 18.2 Å². The van der Waals surface area contributed by atoms with Crippen LogP contribution in [0.5, 0.6) is 5.75 Å². The molecule has 0 aliphatic carbocycles. The quantitative estimate of drug-likeness (QED) is 0.892. The molecule has 0 unspecified atom stereocenters. The van der Waals surface area contributed by atoms with E-state index in [1.807, 2.05) is 44.0 Å². The molecule has 1 amide bonds. The number of carbonyl (C=O) groups excluding carboxylic acids is 1. The molecule has 0 radical (unpaired) electrons. The van der Waals surface area contributed by atoms with Gasteiger partial charge in [-0.3, -0.25) is 4.79 Å². The van der Waals surface area contributed by atoms with Crippen LogP contribution in [0.4, 0.5) is 11.4 Å². The van der Waals surface area contributed by atoms with Crippen LogP contribution in [0.25, 0.3) is 0 Å². The molecule has 0 fully saturated rings. The number of rotatable bonds is 3. The number of benzene rings is 1. The number of amides is 1. The number of anilines is 2. The van der Waals surface area contributed by atoms with Gasteiger partial charge in [-0.15, -0.1) is 0 Å². The van der Waals surface area contributed by atoms with Gasteiger partial charge in [0.25, 0.3) is 5.91 Å². The highest BCUT2D eigenvalue weighted by atomic mass is 16.5. The van der Waals surface area contributed by atoms with E-state index in [4.69, 9.17) is 4.74 Å². The largest absolute Gasteiger partial charge is 0.482 e. The molecule has 0 spiro atoms. The Hall–Kier alpha value is -1.75. The van der Waals surface area contributed by atoms with Crippen molar-refractivity contribution >= 4 is 17.3 Å². The molecule has 1 heterocycles. The summed E-state index contributed by atoms with van der Waals surface area (Å²) in [6.07, 6.45) is 0. The van der Waals surface area contributed by atoms with Crippen LogP contribution in [-0.2, 0) is 4.79 Å². The minimum absolute atomic E-state index is 0.0475. The lowest BCUT2D eigenvalue weighted by molar-refractivity contribution is -0.120. The van der Waals surface area contributed by atoms with Gasteiger partial charge in [0.05, 0.1) is 17.8 Å². The maximum absolute atomic E-state index is 11.6. The van der Waals surface area contributed by atoms with Crippen molar-refractivity contribution in [1.82, 2.24) is 0 Å². The van der Waals surface area contributed by atoms with E-state index in [0.29, 0.717) is 5.75 Å². The van der Waals surface area contributed by atoms with E-state index in [2.05, 4.69) is 0 Å².